The van der Waals surface area contributed by atoms with Gasteiger partial charge in [-0.3, -0.25) is 9.36 Å². The van der Waals surface area contributed by atoms with Gasteiger partial charge in [0, 0.05) is 19.2 Å². The van der Waals surface area contributed by atoms with Crippen molar-refractivity contribution >= 4 is 12.0 Å². The van der Waals surface area contributed by atoms with Crippen LogP contribution in [0.2, 0.25) is 0 Å². The third kappa shape index (κ3) is 4.77. The molecule has 1 amide bonds. The van der Waals surface area contributed by atoms with E-state index in [2.05, 4.69) is 5.32 Å². The van der Waals surface area contributed by atoms with E-state index in [1.807, 2.05) is 81.4 Å². The Morgan fingerprint density at radius 3 is 2.12 bits per heavy atom. The molecule has 0 spiro atoms. The van der Waals surface area contributed by atoms with Crippen LogP contribution in [0.25, 0.3) is 0 Å². The Kier molecular flexibility index (Phi) is 6.22. The molecular weight excluding hydrogens is 416 g/mol. The molecule has 0 saturated heterocycles. The van der Waals surface area contributed by atoms with Crippen molar-refractivity contribution in [3.8, 4) is 0 Å². The number of hydrogen-bond acceptors (Lipinski definition) is 5. The van der Waals surface area contributed by atoms with Crippen LogP contribution in [0.15, 0.2) is 65.5 Å². The number of carbonyl (C=O) groups is 1. The minimum Gasteiger partial charge on any atom is -0.444 e. The smallest absolute Gasteiger partial charge is 0.410 e. The molecule has 33 heavy (non-hydrogen) atoms. The minimum absolute atomic E-state index is 0.0918. The monoisotopic (exact) mass is 446 g/mol. The molecule has 0 aliphatic carbocycles. The highest BCUT2D eigenvalue weighted by Crippen LogP contribution is 2.29. The molecule has 1 N–H and O–H groups in total. The van der Waals surface area contributed by atoms with Crippen molar-refractivity contribution in [2.75, 3.05) is 18.9 Å². The Morgan fingerprint density at radius 2 is 1.61 bits per heavy atom. The van der Waals surface area contributed by atoms with Gasteiger partial charge in [0.25, 0.3) is 5.56 Å². The third-order valence-electron chi connectivity index (χ3n) is 5.63. The van der Waals surface area contributed by atoms with Gasteiger partial charge in [-0.05, 0) is 38.3 Å². The van der Waals surface area contributed by atoms with E-state index in [1.165, 1.54) is 0 Å². The summed E-state index contributed by atoms with van der Waals surface area (Å²) in [6, 6.07) is 19.6. The van der Waals surface area contributed by atoms with E-state index in [1.54, 1.807) is 16.5 Å². The highest BCUT2D eigenvalue weighted by Gasteiger charge is 2.31. The SMILES string of the molecule is CNc1nc2c(c(=O)n1C(c1ccccc1)c1ccccc1)CCN(C(=O)OC(C)(C)C)C2. The number of nitrogens with one attached hydrogen (secondary N) is 1. The van der Waals surface area contributed by atoms with Gasteiger partial charge in [-0.1, -0.05) is 60.7 Å². The summed E-state index contributed by atoms with van der Waals surface area (Å²) < 4.78 is 7.25. The van der Waals surface area contributed by atoms with Gasteiger partial charge in [-0.15, -0.1) is 0 Å². The summed E-state index contributed by atoms with van der Waals surface area (Å²) in [6.45, 7) is 6.18. The predicted molar refractivity (Wildman–Crippen MR) is 129 cm³/mol. The lowest BCUT2D eigenvalue weighted by Crippen LogP contribution is -2.43. The number of hydrogen-bond donors (Lipinski definition) is 1. The third-order valence-corrected chi connectivity index (χ3v) is 5.63. The van der Waals surface area contributed by atoms with Crippen LogP contribution in [0.1, 0.15) is 49.2 Å². The highest BCUT2D eigenvalue weighted by atomic mass is 16.6. The molecule has 1 aliphatic heterocycles. The van der Waals surface area contributed by atoms with Gasteiger partial charge in [-0.2, -0.15) is 0 Å². The summed E-state index contributed by atoms with van der Waals surface area (Å²) in [7, 11) is 1.76. The van der Waals surface area contributed by atoms with E-state index in [4.69, 9.17) is 9.72 Å². The van der Waals surface area contributed by atoms with Gasteiger partial charge < -0.3 is 15.0 Å². The molecule has 1 aliphatic rings. The molecule has 2 aromatic carbocycles. The Labute approximate surface area is 194 Å². The lowest BCUT2D eigenvalue weighted by Gasteiger charge is -2.32. The lowest BCUT2D eigenvalue weighted by atomic mass is 9.97. The molecule has 7 nitrogen and oxygen atoms in total. The van der Waals surface area contributed by atoms with E-state index in [0.29, 0.717) is 30.2 Å². The summed E-state index contributed by atoms with van der Waals surface area (Å²) in [5, 5.41) is 3.11. The zero-order chi connectivity index (χ0) is 23.6. The summed E-state index contributed by atoms with van der Waals surface area (Å²) in [6.07, 6.45) is 0.0392. The summed E-state index contributed by atoms with van der Waals surface area (Å²) in [5.74, 6) is 0.461. The molecule has 0 saturated carbocycles. The van der Waals surface area contributed by atoms with Gasteiger partial charge in [0.05, 0.1) is 18.3 Å². The highest BCUT2D eigenvalue weighted by molar-refractivity contribution is 5.68. The first-order valence-electron chi connectivity index (χ1n) is 11.2. The number of anilines is 1. The van der Waals surface area contributed by atoms with Crippen molar-refractivity contribution in [3.05, 3.63) is 93.4 Å². The Morgan fingerprint density at radius 1 is 1.03 bits per heavy atom. The Balaban J connectivity index is 1.79. The fourth-order valence-corrected chi connectivity index (χ4v) is 4.16. The number of aromatic nitrogens is 2. The molecule has 0 fully saturated rings. The first-order valence-corrected chi connectivity index (χ1v) is 11.2. The molecule has 0 radical (unpaired) electrons. The number of benzene rings is 2. The first-order chi connectivity index (χ1) is 15.8. The maximum absolute atomic E-state index is 13.8. The van der Waals surface area contributed by atoms with E-state index < -0.39 is 11.7 Å². The van der Waals surface area contributed by atoms with Gasteiger partial charge >= 0.3 is 6.09 Å². The minimum atomic E-state index is -0.580. The van der Waals surface area contributed by atoms with Crippen LogP contribution in [0.5, 0.6) is 0 Å². The Bertz CT molecular complexity index is 1140. The van der Waals surface area contributed by atoms with Crippen molar-refractivity contribution in [2.45, 2.75) is 45.4 Å². The van der Waals surface area contributed by atoms with Crippen LogP contribution >= 0.6 is 0 Å². The summed E-state index contributed by atoms with van der Waals surface area (Å²) >= 11 is 0. The van der Waals surface area contributed by atoms with Crippen LogP contribution < -0.4 is 10.9 Å². The number of ether oxygens (including phenoxy) is 1. The van der Waals surface area contributed by atoms with Gasteiger partial charge in [0.2, 0.25) is 5.95 Å². The molecule has 0 bridgehead atoms. The molecule has 3 aromatic rings. The fraction of sp³-hybridized carbons (Fsp3) is 0.346. The number of amides is 1. The van der Waals surface area contributed by atoms with Crippen LogP contribution in [-0.4, -0.2) is 39.7 Å². The molecule has 0 unspecified atom stereocenters. The second kappa shape index (κ2) is 9.10. The largest absolute Gasteiger partial charge is 0.444 e. The van der Waals surface area contributed by atoms with Crippen LogP contribution in [-0.2, 0) is 17.7 Å². The fourth-order valence-electron chi connectivity index (χ4n) is 4.16. The first kappa shape index (κ1) is 22.6. The second-order valence-corrected chi connectivity index (χ2v) is 9.16. The zero-order valence-electron chi connectivity index (χ0n) is 19.5. The van der Waals surface area contributed by atoms with E-state index in [9.17, 15) is 9.59 Å². The summed E-state index contributed by atoms with van der Waals surface area (Å²) in [5.41, 5.74) is 2.57. The standard InChI is InChI=1S/C26H30N4O3/c1-26(2,3)33-25(32)29-16-15-20-21(17-29)28-24(27-4)30(23(20)31)22(18-11-7-5-8-12-18)19-13-9-6-10-14-19/h5-14,22H,15-17H2,1-4H3,(H,27,28). The number of nitrogens with zero attached hydrogens (tertiary/aromatic N) is 3. The summed E-state index contributed by atoms with van der Waals surface area (Å²) in [4.78, 5) is 32.8. The molecule has 0 atom stereocenters. The number of carbonyl (C=O) groups excluding carboxylic acids is 1. The normalized spacial score (nSPS) is 13.5. The van der Waals surface area contributed by atoms with Crippen LogP contribution in [0.3, 0.4) is 0 Å². The van der Waals surface area contributed by atoms with Crippen molar-refractivity contribution < 1.29 is 9.53 Å². The predicted octanol–water partition coefficient (Wildman–Crippen LogP) is 4.22. The van der Waals surface area contributed by atoms with Crippen LogP contribution in [0, 0.1) is 0 Å². The van der Waals surface area contributed by atoms with Gasteiger partial charge in [-0.25, -0.2) is 9.78 Å². The lowest BCUT2D eigenvalue weighted by molar-refractivity contribution is 0.0220. The van der Waals surface area contributed by atoms with Gasteiger partial charge in [0.15, 0.2) is 0 Å². The van der Waals surface area contributed by atoms with Gasteiger partial charge in [0.1, 0.15) is 5.60 Å². The van der Waals surface area contributed by atoms with Crippen molar-refractivity contribution in [1.29, 1.82) is 0 Å². The maximum Gasteiger partial charge on any atom is 0.410 e. The quantitative estimate of drug-likeness (QED) is 0.650. The average molecular weight is 447 g/mol. The molecule has 172 valence electrons. The molecule has 7 heteroatoms. The number of fused-ring (bicyclic) bond motifs is 1. The Hall–Kier alpha value is -3.61. The second-order valence-electron chi connectivity index (χ2n) is 9.16. The van der Waals surface area contributed by atoms with Crippen molar-refractivity contribution in [3.63, 3.8) is 0 Å². The molecule has 2 heterocycles. The topological polar surface area (TPSA) is 76.5 Å². The van der Waals surface area contributed by atoms with E-state index in [-0.39, 0.29) is 18.1 Å². The maximum atomic E-state index is 13.8. The molecular formula is C26H30N4O3. The molecule has 4 rings (SSSR count). The van der Waals surface area contributed by atoms with Crippen molar-refractivity contribution in [2.24, 2.45) is 0 Å². The van der Waals surface area contributed by atoms with E-state index in [0.717, 1.165) is 11.1 Å². The molecule has 1 aromatic heterocycles. The van der Waals surface area contributed by atoms with Crippen molar-refractivity contribution in [1.82, 2.24) is 14.5 Å². The zero-order valence-corrected chi connectivity index (χ0v) is 19.5. The number of rotatable bonds is 4. The average Bonchev–Trinajstić information content (AvgIpc) is 2.80. The van der Waals surface area contributed by atoms with E-state index >= 15 is 0 Å². The van der Waals surface area contributed by atoms with Crippen LogP contribution in [0.4, 0.5) is 10.7 Å².